The van der Waals surface area contributed by atoms with Gasteiger partial charge < -0.3 is 4.74 Å². The first-order valence-corrected chi connectivity index (χ1v) is 4.01. The first-order valence-electron chi connectivity index (χ1n) is 3.19. The lowest BCUT2D eigenvalue weighted by molar-refractivity contribution is 0.393. The zero-order valence-electron chi connectivity index (χ0n) is 6.00. The molecule has 0 heterocycles. The lowest BCUT2D eigenvalue weighted by atomic mass is 10.4. The molecule has 4 heteroatoms. The van der Waals surface area contributed by atoms with E-state index in [4.69, 9.17) is 28.5 Å². The molecule has 1 aliphatic carbocycles. The van der Waals surface area contributed by atoms with Gasteiger partial charge in [-0.15, -0.1) is 16.9 Å². The summed E-state index contributed by atoms with van der Waals surface area (Å²) in [5, 5.41) is 8.43. The van der Waals surface area contributed by atoms with Crippen molar-refractivity contribution >= 4 is 23.2 Å². The number of hydrogen-bond acceptors (Lipinski definition) is 2. The standard InChI is InChI=1S/C8H5Cl2NO/c9-6-1-2-8(12-5-11)4-7(10)3-6/h1-4,6H. The van der Waals surface area contributed by atoms with E-state index in [1.807, 2.05) is 0 Å². The van der Waals surface area contributed by atoms with Crippen LogP contribution in [0.2, 0.25) is 0 Å². The van der Waals surface area contributed by atoms with Crippen molar-refractivity contribution in [3.63, 3.8) is 0 Å². The summed E-state index contributed by atoms with van der Waals surface area (Å²) in [6.07, 6.45) is 8.01. The second-order valence-electron chi connectivity index (χ2n) is 2.10. The molecule has 0 bridgehead atoms. The number of nitrogens with zero attached hydrogens (tertiary/aromatic N) is 1. The summed E-state index contributed by atoms with van der Waals surface area (Å²) in [4.78, 5) is 0. The third-order valence-electron chi connectivity index (χ3n) is 1.21. The zero-order valence-corrected chi connectivity index (χ0v) is 7.51. The molecule has 0 aromatic heterocycles. The SMILES string of the molecule is N#COC1=CC(Cl)=CC(Cl)C=C1. The Morgan fingerprint density at radius 3 is 3.00 bits per heavy atom. The van der Waals surface area contributed by atoms with Gasteiger partial charge >= 0.3 is 0 Å². The van der Waals surface area contributed by atoms with Crippen molar-refractivity contribution in [3.05, 3.63) is 35.1 Å². The van der Waals surface area contributed by atoms with Crippen LogP contribution in [0.3, 0.4) is 0 Å². The van der Waals surface area contributed by atoms with Crippen LogP contribution in [-0.2, 0) is 4.74 Å². The van der Waals surface area contributed by atoms with E-state index >= 15 is 0 Å². The summed E-state index contributed by atoms with van der Waals surface area (Å²) < 4.78 is 4.58. The van der Waals surface area contributed by atoms with Gasteiger partial charge in [0, 0.05) is 11.1 Å². The molecule has 12 heavy (non-hydrogen) atoms. The molecule has 0 saturated carbocycles. The van der Waals surface area contributed by atoms with E-state index in [0.717, 1.165) is 0 Å². The average Bonchev–Trinajstić information content (AvgIpc) is 2.13. The fraction of sp³-hybridized carbons (Fsp3) is 0.125. The van der Waals surface area contributed by atoms with Gasteiger partial charge in [-0.25, -0.2) is 0 Å². The van der Waals surface area contributed by atoms with Crippen molar-refractivity contribution in [2.24, 2.45) is 0 Å². The molecule has 0 amide bonds. The van der Waals surface area contributed by atoms with Crippen molar-refractivity contribution in [2.75, 3.05) is 0 Å². The van der Waals surface area contributed by atoms with Gasteiger partial charge in [-0.1, -0.05) is 17.7 Å². The molecule has 0 saturated heterocycles. The lowest BCUT2D eigenvalue weighted by Gasteiger charge is -1.92. The van der Waals surface area contributed by atoms with E-state index in [-0.39, 0.29) is 5.38 Å². The van der Waals surface area contributed by atoms with Gasteiger partial charge in [-0.3, -0.25) is 0 Å². The largest absolute Gasteiger partial charge is 0.388 e. The van der Waals surface area contributed by atoms with Gasteiger partial charge in [0.1, 0.15) is 5.76 Å². The van der Waals surface area contributed by atoms with Gasteiger partial charge in [-0.05, 0) is 12.2 Å². The Bertz CT molecular complexity index is 299. The van der Waals surface area contributed by atoms with E-state index in [2.05, 4.69) is 4.74 Å². The fourth-order valence-electron chi connectivity index (χ4n) is 0.743. The molecule has 0 aromatic carbocycles. The van der Waals surface area contributed by atoms with Crippen LogP contribution in [0.25, 0.3) is 0 Å². The minimum atomic E-state index is -0.256. The molecule has 1 atom stereocenters. The molecular formula is C8H5Cl2NO. The van der Waals surface area contributed by atoms with Crippen LogP contribution in [-0.4, -0.2) is 5.38 Å². The highest BCUT2D eigenvalue weighted by Gasteiger charge is 2.03. The monoisotopic (exact) mass is 201 g/mol. The van der Waals surface area contributed by atoms with Crippen LogP contribution in [0, 0.1) is 11.5 Å². The summed E-state index contributed by atoms with van der Waals surface area (Å²) in [5.41, 5.74) is 0. The number of rotatable bonds is 1. The molecular weight excluding hydrogens is 197 g/mol. The molecule has 1 aliphatic rings. The quantitative estimate of drug-likeness (QED) is 0.483. The zero-order chi connectivity index (χ0) is 8.97. The third-order valence-corrected chi connectivity index (χ3v) is 1.71. The summed E-state index contributed by atoms with van der Waals surface area (Å²) in [7, 11) is 0. The maximum Gasteiger partial charge on any atom is 0.292 e. The number of halogens is 2. The van der Waals surface area contributed by atoms with Crippen molar-refractivity contribution in [1.82, 2.24) is 0 Å². The Hall–Kier alpha value is -0.910. The number of hydrogen-bond donors (Lipinski definition) is 0. The van der Waals surface area contributed by atoms with Gasteiger partial charge in [0.25, 0.3) is 6.26 Å². The maximum absolute atomic E-state index is 8.22. The van der Waals surface area contributed by atoms with E-state index in [1.54, 1.807) is 24.5 Å². The van der Waals surface area contributed by atoms with Gasteiger partial charge in [0.15, 0.2) is 0 Å². The molecule has 62 valence electrons. The Kier molecular flexibility index (Phi) is 3.21. The number of nitriles is 1. The van der Waals surface area contributed by atoms with Crippen LogP contribution >= 0.6 is 23.2 Å². The summed E-state index contributed by atoms with van der Waals surface area (Å²) in [5.74, 6) is 0.391. The van der Waals surface area contributed by atoms with Crippen LogP contribution in [0.4, 0.5) is 0 Å². The van der Waals surface area contributed by atoms with Crippen LogP contribution in [0.5, 0.6) is 0 Å². The van der Waals surface area contributed by atoms with E-state index < -0.39 is 0 Å². The predicted molar refractivity (Wildman–Crippen MR) is 47.5 cm³/mol. The molecule has 0 fully saturated rings. The second-order valence-corrected chi connectivity index (χ2v) is 3.04. The number of ether oxygens (including phenoxy) is 1. The van der Waals surface area contributed by atoms with Gasteiger partial charge in [0.2, 0.25) is 0 Å². The Morgan fingerprint density at radius 1 is 1.58 bits per heavy atom. The summed E-state index contributed by atoms with van der Waals surface area (Å²) in [6, 6.07) is 0. The molecule has 0 N–H and O–H groups in total. The van der Waals surface area contributed by atoms with Crippen molar-refractivity contribution in [1.29, 1.82) is 5.26 Å². The third kappa shape index (κ3) is 2.61. The Balaban J connectivity index is 2.84. The topological polar surface area (TPSA) is 33.0 Å². The van der Waals surface area contributed by atoms with Crippen molar-refractivity contribution in [3.8, 4) is 6.26 Å². The minimum absolute atomic E-state index is 0.256. The smallest absolute Gasteiger partial charge is 0.292 e. The summed E-state index contributed by atoms with van der Waals surface area (Å²) >= 11 is 11.5. The first kappa shape index (κ1) is 9.18. The van der Waals surface area contributed by atoms with E-state index in [1.165, 1.54) is 6.08 Å². The first-order chi connectivity index (χ1) is 5.72. The predicted octanol–water partition coefficient (Wildman–Crippen LogP) is 2.67. The van der Waals surface area contributed by atoms with Crippen LogP contribution in [0.15, 0.2) is 35.1 Å². The molecule has 0 radical (unpaired) electrons. The highest BCUT2D eigenvalue weighted by Crippen LogP contribution is 2.17. The van der Waals surface area contributed by atoms with Crippen molar-refractivity contribution in [2.45, 2.75) is 5.38 Å². The number of alkyl halides is 1. The van der Waals surface area contributed by atoms with Crippen LogP contribution < -0.4 is 0 Å². The lowest BCUT2D eigenvalue weighted by Crippen LogP contribution is -1.84. The highest BCUT2D eigenvalue weighted by atomic mass is 35.5. The molecule has 0 aliphatic heterocycles. The second kappa shape index (κ2) is 4.20. The van der Waals surface area contributed by atoms with E-state index in [9.17, 15) is 0 Å². The van der Waals surface area contributed by atoms with Gasteiger partial charge in [-0.2, -0.15) is 0 Å². The number of allylic oxidation sites excluding steroid dienone is 5. The molecule has 0 aromatic rings. The Morgan fingerprint density at radius 2 is 2.33 bits per heavy atom. The minimum Gasteiger partial charge on any atom is -0.388 e. The average molecular weight is 202 g/mol. The molecule has 1 unspecified atom stereocenters. The van der Waals surface area contributed by atoms with Crippen LogP contribution in [0.1, 0.15) is 0 Å². The molecule has 1 rings (SSSR count). The normalized spacial score (nSPS) is 21.9. The van der Waals surface area contributed by atoms with E-state index in [0.29, 0.717) is 10.8 Å². The molecule has 0 spiro atoms. The highest BCUT2D eigenvalue weighted by molar-refractivity contribution is 6.32. The fourth-order valence-corrected chi connectivity index (χ4v) is 1.26. The maximum atomic E-state index is 8.22. The summed E-state index contributed by atoms with van der Waals surface area (Å²) in [6.45, 7) is 0. The molecule has 2 nitrogen and oxygen atoms in total. The van der Waals surface area contributed by atoms with Gasteiger partial charge in [0.05, 0.1) is 5.38 Å². The Labute approximate surface area is 80.3 Å². The van der Waals surface area contributed by atoms with Crippen molar-refractivity contribution < 1.29 is 4.74 Å².